The molecule has 5 rings (SSSR count). The summed E-state index contributed by atoms with van der Waals surface area (Å²) in [6, 6.07) is 5.27. The molecule has 1 spiro atoms. The van der Waals surface area contributed by atoms with Crippen LogP contribution in [0.1, 0.15) is 46.5 Å². The first kappa shape index (κ1) is 27.9. The topological polar surface area (TPSA) is 96.4 Å². The van der Waals surface area contributed by atoms with Crippen molar-refractivity contribution in [2.45, 2.75) is 69.7 Å². The number of rotatable bonds is 6. The standard InChI is InChI=1S/C30H37ClN2O6/c1-4-19(3)22(18-34)33-25-27(36)32(21-12-10-20(31)11-13-21)16-9-15-30(25)23(26(33)35)24-28(37)38-17-8-6-7-14-29(24,5-2)39-30/h7,9-15,19,22-25,34H,4-6,8,16-18H2,1-3H3/b14-7-/t19-,22-,23-,24+,25?,29-,30-/m0/s1. The van der Waals surface area contributed by atoms with Gasteiger partial charge in [0, 0.05) is 17.3 Å². The van der Waals surface area contributed by atoms with E-state index in [9.17, 15) is 19.5 Å². The van der Waals surface area contributed by atoms with Crippen molar-refractivity contribution >= 4 is 35.1 Å². The first-order valence-corrected chi connectivity index (χ1v) is 14.3. The number of carbonyl (C=O) groups is 3. The molecular formula is C30H37ClN2O6. The van der Waals surface area contributed by atoms with E-state index in [-0.39, 0.29) is 37.5 Å². The van der Waals surface area contributed by atoms with Crippen molar-refractivity contribution in [2.24, 2.45) is 17.8 Å². The molecule has 4 aliphatic rings. The smallest absolute Gasteiger partial charge is 0.313 e. The maximum Gasteiger partial charge on any atom is 0.313 e. The lowest BCUT2D eigenvalue weighted by atomic mass is 9.73. The lowest BCUT2D eigenvalue weighted by Crippen LogP contribution is -2.60. The second-order valence-electron chi connectivity index (χ2n) is 11.0. The summed E-state index contributed by atoms with van der Waals surface area (Å²) < 4.78 is 12.6. The molecule has 2 amide bonds. The van der Waals surface area contributed by atoms with Crippen LogP contribution >= 0.6 is 11.6 Å². The number of nitrogens with zero attached hydrogens (tertiary/aromatic N) is 2. The maximum absolute atomic E-state index is 14.6. The molecule has 1 unspecified atom stereocenters. The van der Waals surface area contributed by atoms with Gasteiger partial charge in [0.25, 0.3) is 5.91 Å². The fourth-order valence-electron chi connectivity index (χ4n) is 6.84. The van der Waals surface area contributed by atoms with Crippen molar-refractivity contribution in [3.05, 3.63) is 53.6 Å². The van der Waals surface area contributed by atoms with Crippen LogP contribution in [0, 0.1) is 17.8 Å². The number of cyclic esters (lactones) is 1. The number of aliphatic hydroxyl groups is 1. The van der Waals surface area contributed by atoms with Crippen molar-refractivity contribution < 1.29 is 29.0 Å². The van der Waals surface area contributed by atoms with E-state index >= 15 is 0 Å². The summed E-state index contributed by atoms with van der Waals surface area (Å²) in [5.74, 6) is -3.16. The highest BCUT2D eigenvalue weighted by molar-refractivity contribution is 6.30. The third-order valence-electron chi connectivity index (χ3n) is 9.05. The lowest BCUT2D eigenvalue weighted by Gasteiger charge is -2.42. The summed E-state index contributed by atoms with van der Waals surface area (Å²) in [6.07, 6.45) is 10.1. The normalized spacial score (nSPS) is 34.7. The zero-order valence-corrected chi connectivity index (χ0v) is 23.5. The molecule has 2 saturated heterocycles. The number of benzene rings is 1. The molecule has 0 bridgehead atoms. The molecule has 0 radical (unpaired) electrons. The number of amides is 2. The van der Waals surface area contributed by atoms with E-state index in [0.29, 0.717) is 36.4 Å². The first-order valence-electron chi connectivity index (χ1n) is 14.0. The molecule has 1 aromatic carbocycles. The molecule has 4 heterocycles. The Morgan fingerprint density at radius 1 is 1.08 bits per heavy atom. The minimum absolute atomic E-state index is 0.0952. The van der Waals surface area contributed by atoms with Gasteiger partial charge < -0.3 is 24.4 Å². The summed E-state index contributed by atoms with van der Waals surface area (Å²) in [7, 11) is 0. The van der Waals surface area contributed by atoms with Gasteiger partial charge >= 0.3 is 5.97 Å². The minimum Gasteiger partial charge on any atom is -0.465 e. The number of halogens is 1. The molecule has 0 saturated carbocycles. The van der Waals surface area contributed by atoms with Gasteiger partial charge in [-0.25, -0.2) is 0 Å². The Bertz CT molecular complexity index is 1180. The van der Waals surface area contributed by atoms with E-state index in [1.165, 1.54) is 4.90 Å². The number of allylic oxidation sites excluding steroid dienone is 1. The van der Waals surface area contributed by atoms with Gasteiger partial charge in [0.15, 0.2) is 0 Å². The van der Waals surface area contributed by atoms with Crippen LogP contribution in [0.2, 0.25) is 5.02 Å². The fraction of sp³-hybridized carbons (Fsp3) is 0.567. The predicted octanol–water partition coefficient (Wildman–Crippen LogP) is 3.90. The Labute approximate surface area is 234 Å². The Hall–Kier alpha value is -2.68. The van der Waals surface area contributed by atoms with Crippen LogP contribution in [-0.4, -0.2) is 70.8 Å². The number of anilines is 1. The van der Waals surface area contributed by atoms with E-state index in [4.69, 9.17) is 21.1 Å². The third-order valence-corrected chi connectivity index (χ3v) is 9.31. The maximum atomic E-state index is 14.6. The highest BCUT2D eigenvalue weighted by Crippen LogP contribution is 2.59. The Morgan fingerprint density at radius 3 is 2.49 bits per heavy atom. The summed E-state index contributed by atoms with van der Waals surface area (Å²) in [5, 5.41) is 11.1. The Balaban J connectivity index is 1.71. The number of esters is 1. The molecule has 1 N–H and O–H groups in total. The molecule has 8 nitrogen and oxygen atoms in total. The van der Waals surface area contributed by atoms with Gasteiger partial charge in [-0.3, -0.25) is 14.4 Å². The molecule has 9 heteroatoms. The van der Waals surface area contributed by atoms with Gasteiger partial charge in [0.1, 0.15) is 23.2 Å². The van der Waals surface area contributed by atoms with Crippen LogP contribution in [0.25, 0.3) is 0 Å². The SMILES string of the molecule is CC[C@H](C)[C@H](CO)N1C(=O)[C@@H]2[C@@H]3C(=O)OCCC/C=C\[C@]3(CC)O[C@@]23C=CCN(c2ccc(Cl)cc2)C(=O)C13. The molecule has 0 aromatic heterocycles. The average molecular weight is 557 g/mol. The largest absolute Gasteiger partial charge is 0.465 e. The van der Waals surface area contributed by atoms with Crippen LogP contribution in [0.4, 0.5) is 5.69 Å². The predicted molar refractivity (Wildman–Crippen MR) is 147 cm³/mol. The number of carbonyl (C=O) groups excluding carboxylic acids is 3. The van der Waals surface area contributed by atoms with E-state index in [0.717, 1.165) is 0 Å². The van der Waals surface area contributed by atoms with Crippen molar-refractivity contribution in [1.82, 2.24) is 4.90 Å². The van der Waals surface area contributed by atoms with Gasteiger partial charge in [-0.15, -0.1) is 0 Å². The number of ether oxygens (including phenoxy) is 2. The molecule has 2 fully saturated rings. The summed E-state index contributed by atoms with van der Waals surface area (Å²) in [6.45, 7) is 6.07. The molecule has 210 valence electrons. The molecule has 7 atom stereocenters. The number of aliphatic hydroxyl groups excluding tert-OH is 1. The molecular weight excluding hydrogens is 520 g/mol. The van der Waals surface area contributed by atoms with Crippen molar-refractivity contribution in [3.63, 3.8) is 0 Å². The van der Waals surface area contributed by atoms with Crippen LogP contribution in [-0.2, 0) is 23.9 Å². The fourth-order valence-corrected chi connectivity index (χ4v) is 6.96. The second-order valence-corrected chi connectivity index (χ2v) is 11.5. The molecule has 1 aromatic rings. The highest BCUT2D eigenvalue weighted by Gasteiger charge is 2.76. The molecule has 39 heavy (non-hydrogen) atoms. The van der Waals surface area contributed by atoms with Crippen molar-refractivity contribution in [3.8, 4) is 0 Å². The Kier molecular flexibility index (Phi) is 7.65. The van der Waals surface area contributed by atoms with Gasteiger partial charge in [-0.1, -0.05) is 63.1 Å². The van der Waals surface area contributed by atoms with Crippen LogP contribution < -0.4 is 4.90 Å². The average Bonchev–Trinajstić information content (AvgIpc) is 3.31. The number of fused-ring (bicyclic) bond motifs is 2. The van der Waals surface area contributed by atoms with E-state index < -0.39 is 41.1 Å². The van der Waals surface area contributed by atoms with Crippen molar-refractivity contribution in [1.29, 1.82) is 0 Å². The van der Waals surface area contributed by atoms with E-state index in [1.54, 1.807) is 29.2 Å². The quantitative estimate of drug-likeness (QED) is 0.422. The van der Waals surface area contributed by atoms with Gasteiger partial charge in [-0.2, -0.15) is 0 Å². The highest BCUT2D eigenvalue weighted by atomic mass is 35.5. The van der Waals surface area contributed by atoms with Crippen LogP contribution in [0.3, 0.4) is 0 Å². The monoisotopic (exact) mass is 556 g/mol. The minimum atomic E-state index is -1.40. The number of likely N-dealkylation sites (tertiary alicyclic amines) is 1. The molecule has 0 aliphatic carbocycles. The summed E-state index contributed by atoms with van der Waals surface area (Å²) in [4.78, 5) is 45.9. The second kappa shape index (κ2) is 10.7. The summed E-state index contributed by atoms with van der Waals surface area (Å²) >= 11 is 6.12. The van der Waals surface area contributed by atoms with Crippen molar-refractivity contribution in [2.75, 3.05) is 24.7 Å². The van der Waals surface area contributed by atoms with E-state index in [2.05, 4.69) is 0 Å². The van der Waals surface area contributed by atoms with Crippen LogP contribution in [0.5, 0.6) is 0 Å². The van der Waals surface area contributed by atoms with E-state index in [1.807, 2.05) is 45.1 Å². The lowest BCUT2D eigenvalue weighted by molar-refractivity contribution is -0.161. The first-order chi connectivity index (χ1) is 18.7. The summed E-state index contributed by atoms with van der Waals surface area (Å²) in [5.41, 5.74) is -1.87. The number of hydrogen-bond donors (Lipinski definition) is 1. The third kappa shape index (κ3) is 4.32. The zero-order valence-electron chi connectivity index (χ0n) is 22.7. The van der Waals surface area contributed by atoms with Gasteiger partial charge in [0.2, 0.25) is 5.91 Å². The van der Waals surface area contributed by atoms with Gasteiger partial charge in [-0.05, 0) is 49.4 Å². The van der Waals surface area contributed by atoms with Gasteiger partial charge in [0.05, 0.1) is 25.2 Å². The zero-order chi connectivity index (χ0) is 27.9. The molecule has 4 aliphatic heterocycles. The Morgan fingerprint density at radius 2 is 1.82 bits per heavy atom. The number of hydrogen-bond acceptors (Lipinski definition) is 6. The van der Waals surface area contributed by atoms with Crippen LogP contribution in [0.15, 0.2) is 48.6 Å².